The molecule has 140 valence electrons. The van der Waals surface area contributed by atoms with Crippen LogP contribution in [0, 0.1) is 0 Å². The van der Waals surface area contributed by atoms with E-state index in [0.29, 0.717) is 34.7 Å². The van der Waals surface area contributed by atoms with E-state index in [9.17, 15) is 4.79 Å². The van der Waals surface area contributed by atoms with Crippen molar-refractivity contribution in [3.05, 3.63) is 18.2 Å². The van der Waals surface area contributed by atoms with Crippen LogP contribution in [-0.2, 0) is 9.53 Å². The van der Waals surface area contributed by atoms with E-state index < -0.39 is 0 Å². The third-order valence-corrected chi connectivity index (χ3v) is 4.74. The Hall–Kier alpha value is -2.26. The summed E-state index contributed by atoms with van der Waals surface area (Å²) in [7, 11) is 3.14. The quantitative estimate of drug-likeness (QED) is 0.697. The number of hydrogen-bond acceptors (Lipinski definition) is 8. The second-order valence-corrected chi connectivity index (χ2v) is 6.59. The Labute approximate surface area is 155 Å². The molecule has 1 N–H and O–H groups in total. The first kappa shape index (κ1) is 18.5. The molecule has 2 heterocycles. The number of rotatable bonds is 8. The Kier molecular flexibility index (Phi) is 6.35. The predicted molar refractivity (Wildman–Crippen MR) is 95.5 cm³/mol. The van der Waals surface area contributed by atoms with E-state index in [-0.39, 0.29) is 17.8 Å². The van der Waals surface area contributed by atoms with Gasteiger partial charge in [-0.2, -0.15) is 0 Å². The molecule has 26 heavy (non-hydrogen) atoms. The van der Waals surface area contributed by atoms with Gasteiger partial charge in [-0.3, -0.25) is 4.79 Å². The number of benzene rings is 1. The van der Waals surface area contributed by atoms with Gasteiger partial charge in [0.05, 0.1) is 31.6 Å². The van der Waals surface area contributed by atoms with Crippen LogP contribution in [0.4, 0.5) is 0 Å². The zero-order valence-electron chi connectivity index (χ0n) is 14.7. The van der Waals surface area contributed by atoms with Crippen molar-refractivity contribution in [3.8, 4) is 23.0 Å². The minimum Gasteiger partial charge on any atom is -0.497 e. The van der Waals surface area contributed by atoms with Crippen molar-refractivity contribution in [3.63, 3.8) is 0 Å². The first-order valence-electron chi connectivity index (χ1n) is 8.26. The van der Waals surface area contributed by atoms with Crippen molar-refractivity contribution in [2.24, 2.45) is 0 Å². The largest absolute Gasteiger partial charge is 0.497 e. The molecule has 1 aliphatic rings. The number of carbonyl (C=O) groups is 1. The number of thioether (sulfide) groups is 1. The predicted octanol–water partition coefficient (Wildman–Crippen LogP) is 2.14. The number of ether oxygens (including phenoxy) is 3. The van der Waals surface area contributed by atoms with Crippen LogP contribution in [0.3, 0.4) is 0 Å². The Bertz CT molecular complexity index is 746. The molecule has 1 amide bonds. The zero-order chi connectivity index (χ0) is 18.4. The SMILES string of the molecule is COc1ccc(-c2nnc(SCC(=O)NC[C@@H]3CCCO3)o2)c(OC)c1. The highest BCUT2D eigenvalue weighted by atomic mass is 32.2. The van der Waals surface area contributed by atoms with E-state index in [1.807, 2.05) is 0 Å². The fourth-order valence-electron chi connectivity index (χ4n) is 2.56. The Morgan fingerprint density at radius 3 is 2.96 bits per heavy atom. The number of amides is 1. The number of methoxy groups -OCH3 is 2. The molecule has 0 radical (unpaired) electrons. The van der Waals surface area contributed by atoms with E-state index in [0.717, 1.165) is 19.4 Å². The van der Waals surface area contributed by atoms with E-state index in [2.05, 4.69) is 15.5 Å². The van der Waals surface area contributed by atoms with Crippen LogP contribution in [0.1, 0.15) is 12.8 Å². The first-order valence-corrected chi connectivity index (χ1v) is 9.25. The zero-order valence-corrected chi connectivity index (χ0v) is 15.5. The topological polar surface area (TPSA) is 95.7 Å². The lowest BCUT2D eigenvalue weighted by Gasteiger charge is -2.09. The van der Waals surface area contributed by atoms with Gasteiger partial charge in [0.15, 0.2) is 0 Å². The van der Waals surface area contributed by atoms with Gasteiger partial charge >= 0.3 is 0 Å². The Morgan fingerprint density at radius 2 is 2.23 bits per heavy atom. The smallest absolute Gasteiger partial charge is 0.277 e. The molecule has 1 aliphatic heterocycles. The third kappa shape index (κ3) is 4.67. The molecule has 0 unspecified atom stereocenters. The number of aromatic nitrogens is 2. The van der Waals surface area contributed by atoms with Crippen molar-refractivity contribution >= 4 is 17.7 Å². The molecule has 9 heteroatoms. The van der Waals surface area contributed by atoms with Gasteiger partial charge in [-0.15, -0.1) is 10.2 Å². The molecule has 1 aromatic carbocycles. The first-order chi connectivity index (χ1) is 12.7. The normalized spacial score (nSPS) is 16.5. The molecule has 0 bridgehead atoms. The number of carbonyl (C=O) groups excluding carboxylic acids is 1. The Balaban J connectivity index is 1.55. The van der Waals surface area contributed by atoms with Crippen LogP contribution in [-0.4, -0.2) is 55.3 Å². The van der Waals surface area contributed by atoms with Crippen molar-refractivity contribution in [1.82, 2.24) is 15.5 Å². The summed E-state index contributed by atoms with van der Waals surface area (Å²) in [5, 5.41) is 11.2. The molecule has 0 spiro atoms. The van der Waals surface area contributed by atoms with Gasteiger partial charge in [-0.1, -0.05) is 11.8 Å². The highest BCUT2D eigenvalue weighted by Gasteiger charge is 2.18. The van der Waals surface area contributed by atoms with Gasteiger partial charge < -0.3 is 23.9 Å². The highest BCUT2D eigenvalue weighted by Crippen LogP contribution is 2.33. The summed E-state index contributed by atoms with van der Waals surface area (Å²) in [6, 6.07) is 5.31. The highest BCUT2D eigenvalue weighted by molar-refractivity contribution is 7.99. The minimum atomic E-state index is -0.0905. The van der Waals surface area contributed by atoms with Crippen molar-refractivity contribution in [1.29, 1.82) is 0 Å². The second-order valence-electron chi connectivity index (χ2n) is 5.67. The molecule has 2 aromatic rings. The summed E-state index contributed by atoms with van der Waals surface area (Å²) in [5.41, 5.74) is 0.662. The third-order valence-electron chi connectivity index (χ3n) is 3.92. The van der Waals surface area contributed by atoms with Gasteiger partial charge in [0, 0.05) is 19.2 Å². The average molecular weight is 379 g/mol. The lowest BCUT2D eigenvalue weighted by Crippen LogP contribution is -2.32. The lowest BCUT2D eigenvalue weighted by atomic mass is 10.2. The van der Waals surface area contributed by atoms with E-state index in [1.165, 1.54) is 11.8 Å². The summed E-state index contributed by atoms with van der Waals surface area (Å²) in [6.45, 7) is 1.31. The van der Waals surface area contributed by atoms with E-state index in [1.54, 1.807) is 32.4 Å². The number of nitrogens with zero attached hydrogens (tertiary/aromatic N) is 2. The maximum Gasteiger partial charge on any atom is 0.277 e. The van der Waals surface area contributed by atoms with Crippen molar-refractivity contribution in [2.75, 3.05) is 33.1 Å². The fraction of sp³-hybridized carbons (Fsp3) is 0.471. The van der Waals surface area contributed by atoms with Crippen LogP contribution in [0.15, 0.2) is 27.8 Å². The standard InChI is InChI=1S/C17H21N3O5S/c1-22-11-5-6-13(14(8-11)23-2)16-19-20-17(25-16)26-10-15(21)18-9-12-4-3-7-24-12/h5-6,8,12H,3-4,7,9-10H2,1-2H3,(H,18,21)/t12-/m0/s1. The summed E-state index contributed by atoms with van der Waals surface area (Å²) >= 11 is 1.19. The van der Waals surface area contributed by atoms with Crippen molar-refractivity contribution < 1.29 is 23.4 Å². The van der Waals surface area contributed by atoms with Crippen LogP contribution in [0.2, 0.25) is 0 Å². The summed E-state index contributed by atoms with van der Waals surface area (Å²) in [4.78, 5) is 11.9. The molecule has 0 aliphatic carbocycles. The van der Waals surface area contributed by atoms with Crippen LogP contribution in [0.5, 0.6) is 11.5 Å². The summed E-state index contributed by atoms with van der Waals surface area (Å²) in [6.07, 6.45) is 2.17. The van der Waals surface area contributed by atoms with E-state index in [4.69, 9.17) is 18.6 Å². The average Bonchev–Trinajstić information content (AvgIpc) is 3.36. The maximum absolute atomic E-state index is 11.9. The molecular formula is C17H21N3O5S. The molecule has 1 atom stereocenters. The lowest BCUT2D eigenvalue weighted by molar-refractivity contribution is -0.119. The molecule has 8 nitrogen and oxygen atoms in total. The summed E-state index contributed by atoms with van der Waals surface area (Å²) < 4.78 is 21.6. The maximum atomic E-state index is 11.9. The fourth-order valence-corrected chi connectivity index (χ4v) is 3.16. The van der Waals surface area contributed by atoms with Crippen LogP contribution in [0.25, 0.3) is 11.5 Å². The van der Waals surface area contributed by atoms with Gasteiger partial charge in [-0.25, -0.2) is 0 Å². The number of nitrogens with one attached hydrogen (secondary N) is 1. The monoisotopic (exact) mass is 379 g/mol. The second kappa shape index (κ2) is 8.91. The molecule has 1 aromatic heterocycles. The molecule has 0 saturated carbocycles. The van der Waals surface area contributed by atoms with Crippen LogP contribution < -0.4 is 14.8 Å². The van der Waals surface area contributed by atoms with E-state index >= 15 is 0 Å². The van der Waals surface area contributed by atoms with Gasteiger partial charge in [0.2, 0.25) is 5.91 Å². The minimum absolute atomic E-state index is 0.0905. The number of hydrogen-bond donors (Lipinski definition) is 1. The molecule has 1 fully saturated rings. The van der Waals surface area contributed by atoms with Crippen molar-refractivity contribution in [2.45, 2.75) is 24.2 Å². The molecular weight excluding hydrogens is 358 g/mol. The van der Waals surface area contributed by atoms with Gasteiger partial charge in [-0.05, 0) is 25.0 Å². The van der Waals surface area contributed by atoms with Crippen LogP contribution >= 0.6 is 11.8 Å². The molecule has 1 saturated heterocycles. The van der Waals surface area contributed by atoms with Gasteiger partial charge in [0.1, 0.15) is 11.5 Å². The summed E-state index contributed by atoms with van der Waals surface area (Å²) in [5.74, 6) is 1.68. The van der Waals surface area contributed by atoms with Gasteiger partial charge in [0.25, 0.3) is 11.1 Å². The molecule has 3 rings (SSSR count). The Morgan fingerprint density at radius 1 is 1.35 bits per heavy atom.